The van der Waals surface area contributed by atoms with Crippen molar-refractivity contribution in [3.05, 3.63) is 70.9 Å². The van der Waals surface area contributed by atoms with E-state index in [4.69, 9.17) is 5.10 Å². The Hall–Kier alpha value is -3.18. The summed E-state index contributed by atoms with van der Waals surface area (Å²) in [6, 6.07) is 18.7. The van der Waals surface area contributed by atoms with Gasteiger partial charge in [0.25, 0.3) is 0 Å². The standard InChI is InChI=1S/C28H34N6O/c1-21-7-9-22(10-8-21)28-25-20-31(2)12-11-27(25)34(30-28)19-24(35)18-32-13-15-33(16-14-32)26-6-4-3-5-23(26)17-29/h3-10,24,35H,11-16,18-20H2,1-2H3. The summed E-state index contributed by atoms with van der Waals surface area (Å²) >= 11 is 0. The fourth-order valence-electron chi connectivity index (χ4n) is 5.29. The van der Waals surface area contributed by atoms with Gasteiger partial charge in [-0.1, -0.05) is 42.0 Å². The first-order chi connectivity index (χ1) is 17.0. The lowest BCUT2D eigenvalue weighted by Gasteiger charge is -2.37. The molecule has 1 unspecified atom stereocenters. The molecule has 7 heteroatoms. The topological polar surface area (TPSA) is 71.6 Å². The fourth-order valence-corrected chi connectivity index (χ4v) is 5.29. The van der Waals surface area contributed by atoms with Crippen LogP contribution in [-0.4, -0.2) is 77.1 Å². The monoisotopic (exact) mass is 470 g/mol. The van der Waals surface area contributed by atoms with E-state index in [9.17, 15) is 10.4 Å². The molecule has 2 aliphatic heterocycles. The third-order valence-corrected chi connectivity index (χ3v) is 7.24. The molecule has 3 aromatic rings. The minimum atomic E-state index is -0.484. The third kappa shape index (κ3) is 5.10. The van der Waals surface area contributed by atoms with Gasteiger partial charge in [0.15, 0.2) is 0 Å². The summed E-state index contributed by atoms with van der Waals surface area (Å²) in [5.41, 5.74) is 7.71. The lowest BCUT2D eigenvalue weighted by molar-refractivity contribution is 0.0910. The summed E-state index contributed by atoms with van der Waals surface area (Å²) in [5, 5.41) is 25.4. The summed E-state index contributed by atoms with van der Waals surface area (Å²) in [6.45, 7) is 8.58. The molecule has 0 aliphatic carbocycles. The summed E-state index contributed by atoms with van der Waals surface area (Å²) in [5.74, 6) is 0. The Bertz CT molecular complexity index is 1200. The average Bonchev–Trinajstić information content (AvgIpc) is 3.22. The molecular formula is C28H34N6O. The van der Waals surface area contributed by atoms with Gasteiger partial charge in [-0.25, -0.2) is 0 Å². The van der Waals surface area contributed by atoms with Crippen LogP contribution in [0.1, 0.15) is 22.4 Å². The molecule has 2 aromatic carbocycles. The molecule has 1 N–H and O–H groups in total. The highest BCUT2D eigenvalue weighted by Crippen LogP contribution is 2.30. The van der Waals surface area contributed by atoms with Gasteiger partial charge < -0.3 is 14.9 Å². The normalized spacial score (nSPS) is 17.7. The number of aryl methyl sites for hydroxylation is 1. The molecular weight excluding hydrogens is 436 g/mol. The third-order valence-electron chi connectivity index (χ3n) is 7.24. The first kappa shape index (κ1) is 23.6. The molecule has 1 atom stereocenters. The molecule has 1 saturated heterocycles. The van der Waals surface area contributed by atoms with E-state index >= 15 is 0 Å². The van der Waals surface area contributed by atoms with Crippen molar-refractivity contribution < 1.29 is 5.11 Å². The van der Waals surface area contributed by atoms with E-state index in [0.29, 0.717) is 13.1 Å². The average molecular weight is 471 g/mol. The van der Waals surface area contributed by atoms with Crippen molar-refractivity contribution in [1.29, 1.82) is 5.26 Å². The van der Waals surface area contributed by atoms with Gasteiger partial charge in [-0.05, 0) is 26.1 Å². The highest BCUT2D eigenvalue weighted by molar-refractivity contribution is 5.65. The molecule has 2 aliphatic rings. The molecule has 0 spiro atoms. The van der Waals surface area contributed by atoms with Crippen molar-refractivity contribution in [2.24, 2.45) is 0 Å². The predicted molar refractivity (Wildman–Crippen MR) is 138 cm³/mol. The summed E-state index contributed by atoms with van der Waals surface area (Å²) < 4.78 is 2.06. The van der Waals surface area contributed by atoms with Crippen LogP contribution in [0.2, 0.25) is 0 Å². The Labute approximate surface area is 207 Å². The van der Waals surface area contributed by atoms with Gasteiger partial charge in [0.05, 0.1) is 29.6 Å². The van der Waals surface area contributed by atoms with Crippen molar-refractivity contribution in [1.82, 2.24) is 19.6 Å². The number of piperazine rings is 1. The van der Waals surface area contributed by atoms with Crippen molar-refractivity contribution in [3.8, 4) is 17.3 Å². The van der Waals surface area contributed by atoms with E-state index < -0.39 is 6.10 Å². The number of rotatable bonds is 6. The summed E-state index contributed by atoms with van der Waals surface area (Å²) in [6.07, 6.45) is 0.469. The van der Waals surface area contributed by atoms with E-state index in [0.717, 1.165) is 68.2 Å². The second-order valence-electron chi connectivity index (χ2n) is 9.88. The molecule has 0 amide bonds. The SMILES string of the molecule is Cc1ccc(-c2nn(CC(O)CN3CCN(c4ccccc4C#N)CC3)c3c2CN(C)CC3)cc1. The Morgan fingerprint density at radius 1 is 1.00 bits per heavy atom. The lowest BCUT2D eigenvalue weighted by Crippen LogP contribution is -2.49. The van der Waals surface area contributed by atoms with Crippen LogP contribution in [0.25, 0.3) is 11.3 Å². The van der Waals surface area contributed by atoms with E-state index in [-0.39, 0.29) is 0 Å². The van der Waals surface area contributed by atoms with Gasteiger partial charge >= 0.3 is 0 Å². The molecule has 0 radical (unpaired) electrons. The molecule has 1 aromatic heterocycles. The second kappa shape index (κ2) is 10.2. The van der Waals surface area contributed by atoms with Crippen molar-refractivity contribution in [2.45, 2.75) is 32.5 Å². The molecule has 7 nitrogen and oxygen atoms in total. The minimum absolute atomic E-state index is 0.484. The number of para-hydroxylation sites is 1. The number of hydrogen-bond acceptors (Lipinski definition) is 6. The zero-order chi connectivity index (χ0) is 24.4. The quantitative estimate of drug-likeness (QED) is 0.597. The van der Waals surface area contributed by atoms with Crippen LogP contribution in [0.15, 0.2) is 48.5 Å². The lowest BCUT2D eigenvalue weighted by atomic mass is 10.0. The van der Waals surface area contributed by atoms with Gasteiger partial charge in [0.2, 0.25) is 0 Å². The maximum Gasteiger partial charge on any atom is 0.101 e. The number of anilines is 1. The smallest absolute Gasteiger partial charge is 0.101 e. The number of benzene rings is 2. The van der Waals surface area contributed by atoms with Crippen LogP contribution in [0.5, 0.6) is 0 Å². The minimum Gasteiger partial charge on any atom is -0.390 e. The van der Waals surface area contributed by atoms with Crippen LogP contribution >= 0.6 is 0 Å². The van der Waals surface area contributed by atoms with Crippen LogP contribution in [-0.2, 0) is 19.5 Å². The largest absolute Gasteiger partial charge is 0.390 e. The van der Waals surface area contributed by atoms with Gasteiger partial charge in [-0.2, -0.15) is 10.4 Å². The molecule has 35 heavy (non-hydrogen) atoms. The Kier molecular flexibility index (Phi) is 6.87. The van der Waals surface area contributed by atoms with E-state index in [2.05, 4.69) is 63.7 Å². The highest BCUT2D eigenvalue weighted by atomic mass is 16.3. The second-order valence-corrected chi connectivity index (χ2v) is 9.88. The predicted octanol–water partition coefficient (Wildman–Crippen LogP) is 2.90. The van der Waals surface area contributed by atoms with Crippen LogP contribution in [0.3, 0.4) is 0 Å². The van der Waals surface area contributed by atoms with Crippen LogP contribution in [0, 0.1) is 18.3 Å². The molecule has 3 heterocycles. The van der Waals surface area contributed by atoms with Gasteiger partial charge in [-0.3, -0.25) is 9.58 Å². The van der Waals surface area contributed by atoms with Gasteiger partial charge in [0, 0.05) is 69.1 Å². The number of fused-ring (bicyclic) bond motifs is 1. The number of aromatic nitrogens is 2. The molecule has 0 saturated carbocycles. The summed E-state index contributed by atoms with van der Waals surface area (Å²) in [4.78, 5) is 6.93. The highest BCUT2D eigenvalue weighted by Gasteiger charge is 2.26. The Morgan fingerprint density at radius 3 is 2.49 bits per heavy atom. The van der Waals surface area contributed by atoms with E-state index in [1.54, 1.807) is 0 Å². The van der Waals surface area contributed by atoms with Crippen LogP contribution < -0.4 is 4.90 Å². The molecule has 0 bridgehead atoms. The van der Waals surface area contributed by atoms with Crippen LogP contribution in [0.4, 0.5) is 5.69 Å². The maximum absolute atomic E-state index is 11.0. The molecule has 1 fully saturated rings. The number of aliphatic hydroxyl groups excluding tert-OH is 1. The first-order valence-electron chi connectivity index (χ1n) is 12.5. The zero-order valence-electron chi connectivity index (χ0n) is 20.7. The number of likely N-dealkylation sites (N-methyl/N-ethyl adjacent to an activating group) is 1. The first-order valence-corrected chi connectivity index (χ1v) is 12.5. The Morgan fingerprint density at radius 2 is 1.74 bits per heavy atom. The van der Waals surface area contributed by atoms with E-state index in [1.807, 2.05) is 24.3 Å². The molecule has 182 valence electrons. The van der Waals surface area contributed by atoms with E-state index in [1.165, 1.54) is 16.8 Å². The van der Waals surface area contributed by atoms with Crippen molar-refractivity contribution in [3.63, 3.8) is 0 Å². The number of nitriles is 1. The van der Waals surface area contributed by atoms with Crippen molar-refractivity contribution in [2.75, 3.05) is 51.2 Å². The van der Waals surface area contributed by atoms with Gasteiger partial charge in [-0.15, -0.1) is 0 Å². The molecule has 5 rings (SSSR count). The number of aliphatic hydroxyl groups is 1. The zero-order valence-corrected chi connectivity index (χ0v) is 20.7. The summed E-state index contributed by atoms with van der Waals surface area (Å²) in [7, 11) is 2.16. The maximum atomic E-state index is 11.0. The number of β-amino-alcohol motifs (C(OH)–C–C–N with tert-alkyl or cyclic N) is 1. The number of nitrogens with zero attached hydrogens (tertiary/aromatic N) is 6. The van der Waals surface area contributed by atoms with Gasteiger partial charge in [0.1, 0.15) is 6.07 Å². The fraction of sp³-hybridized carbons (Fsp3) is 0.429. The van der Waals surface area contributed by atoms with Crippen molar-refractivity contribution >= 4 is 5.69 Å². The number of hydrogen-bond donors (Lipinski definition) is 1. The Balaban J connectivity index is 1.25.